The number of hydrogen-bond acceptors (Lipinski definition) is 1. The maximum absolute atomic E-state index is 5.28. The van der Waals surface area contributed by atoms with Crippen molar-refractivity contribution >= 4 is 29.9 Å². The Morgan fingerprint density at radius 3 is 2.84 bits per heavy atom. The number of rotatable bonds is 2. The largest absolute Gasteiger partial charge is 0.356 e. The van der Waals surface area contributed by atoms with Gasteiger partial charge in [-0.25, -0.2) is 4.99 Å². The van der Waals surface area contributed by atoms with Crippen LogP contribution in [0.3, 0.4) is 0 Å². The number of halogens is 1. The van der Waals surface area contributed by atoms with Crippen LogP contribution in [0.4, 0.5) is 0 Å². The molecule has 0 saturated carbocycles. The van der Waals surface area contributed by atoms with Gasteiger partial charge in [-0.1, -0.05) is 30.2 Å². The van der Waals surface area contributed by atoms with Crippen LogP contribution in [0.1, 0.15) is 18.1 Å². The second kappa shape index (κ2) is 8.05. The topological polar surface area (TPSA) is 27.6 Å². The Bertz CT molecular complexity index is 477. The summed E-state index contributed by atoms with van der Waals surface area (Å²) < 4.78 is 0. The highest BCUT2D eigenvalue weighted by molar-refractivity contribution is 14.0. The number of nitrogens with one attached hydrogen (secondary N) is 1. The van der Waals surface area contributed by atoms with Gasteiger partial charge in [0.25, 0.3) is 0 Å². The monoisotopic (exact) mass is 369 g/mol. The number of benzene rings is 1. The van der Waals surface area contributed by atoms with Gasteiger partial charge in [-0.3, -0.25) is 0 Å². The van der Waals surface area contributed by atoms with Crippen LogP contribution in [0, 0.1) is 12.3 Å². The van der Waals surface area contributed by atoms with Crippen molar-refractivity contribution in [2.75, 3.05) is 19.6 Å². The minimum absolute atomic E-state index is 0. The molecule has 0 spiro atoms. The smallest absolute Gasteiger partial charge is 0.195 e. The summed E-state index contributed by atoms with van der Waals surface area (Å²) in [6.45, 7) is 5.27. The van der Waals surface area contributed by atoms with Gasteiger partial charge in [-0.05, 0) is 24.5 Å². The van der Waals surface area contributed by atoms with Crippen LogP contribution < -0.4 is 5.32 Å². The molecule has 1 N–H and O–H groups in total. The first kappa shape index (κ1) is 15.8. The standard InChI is InChI=1S/C15H19N3.HI/c1-3-10-17-15(16-4-2)18-11-9-13-7-5-6-8-14(13)12-18;/h1,5-8H,4,9-12H2,2H3,(H,16,17);1H. The first-order chi connectivity index (χ1) is 8.85. The molecule has 0 amide bonds. The molecule has 2 rings (SSSR count). The third-order valence-electron chi connectivity index (χ3n) is 3.09. The molecule has 19 heavy (non-hydrogen) atoms. The highest BCUT2D eigenvalue weighted by Gasteiger charge is 2.18. The Morgan fingerprint density at radius 2 is 2.16 bits per heavy atom. The summed E-state index contributed by atoms with van der Waals surface area (Å²) in [5.74, 6) is 3.48. The summed E-state index contributed by atoms with van der Waals surface area (Å²) >= 11 is 0. The molecule has 1 aliphatic rings. The third-order valence-corrected chi connectivity index (χ3v) is 3.09. The Labute approximate surface area is 132 Å². The van der Waals surface area contributed by atoms with E-state index in [-0.39, 0.29) is 24.0 Å². The molecule has 0 bridgehead atoms. The van der Waals surface area contributed by atoms with E-state index in [4.69, 9.17) is 6.42 Å². The molecule has 1 aromatic carbocycles. The lowest BCUT2D eigenvalue weighted by Crippen LogP contribution is -2.44. The minimum atomic E-state index is 0. The van der Waals surface area contributed by atoms with Gasteiger partial charge in [0, 0.05) is 19.6 Å². The molecular weight excluding hydrogens is 349 g/mol. The van der Waals surface area contributed by atoms with Crippen molar-refractivity contribution < 1.29 is 0 Å². The fraction of sp³-hybridized carbons (Fsp3) is 0.400. The summed E-state index contributed by atoms with van der Waals surface area (Å²) in [7, 11) is 0. The molecule has 3 nitrogen and oxygen atoms in total. The average molecular weight is 369 g/mol. The number of terminal acetylenes is 1. The van der Waals surface area contributed by atoms with E-state index >= 15 is 0 Å². The Balaban J connectivity index is 0.00000180. The Hall–Kier alpha value is -1.22. The zero-order chi connectivity index (χ0) is 12.8. The molecule has 0 unspecified atom stereocenters. The van der Waals surface area contributed by atoms with Crippen molar-refractivity contribution in [1.29, 1.82) is 0 Å². The second-order valence-electron chi connectivity index (χ2n) is 4.31. The van der Waals surface area contributed by atoms with Gasteiger partial charge in [0.15, 0.2) is 5.96 Å². The van der Waals surface area contributed by atoms with Crippen LogP contribution in [0.5, 0.6) is 0 Å². The first-order valence-electron chi connectivity index (χ1n) is 6.38. The summed E-state index contributed by atoms with van der Waals surface area (Å²) in [6, 6.07) is 8.59. The van der Waals surface area contributed by atoms with Gasteiger partial charge in [0.1, 0.15) is 6.54 Å². The van der Waals surface area contributed by atoms with Crippen LogP contribution in [0.25, 0.3) is 0 Å². The summed E-state index contributed by atoms with van der Waals surface area (Å²) in [6.07, 6.45) is 6.34. The van der Waals surface area contributed by atoms with Gasteiger partial charge in [0.05, 0.1) is 0 Å². The second-order valence-corrected chi connectivity index (χ2v) is 4.31. The van der Waals surface area contributed by atoms with Crippen LogP contribution in [-0.2, 0) is 13.0 Å². The lowest BCUT2D eigenvalue weighted by molar-refractivity contribution is 0.379. The SMILES string of the molecule is C#CCN=C(NCC)N1CCc2ccccc2C1.I. The maximum Gasteiger partial charge on any atom is 0.195 e. The van der Waals surface area contributed by atoms with Gasteiger partial charge < -0.3 is 10.2 Å². The number of nitrogens with zero attached hydrogens (tertiary/aromatic N) is 2. The maximum atomic E-state index is 5.28. The highest BCUT2D eigenvalue weighted by atomic mass is 127. The highest BCUT2D eigenvalue weighted by Crippen LogP contribution is 2.18. The summed E-state index contributed by atoms with van der Waals surface area (Å²) in [5, 5.41) is 3.30. The molecule has 0 aromatic heterocycles. The molecule has 102 valence electrons. The van der Waals surface area contributed by atoms with Crippen molar-refractivity contribution in [3.05, 3.63) is 35.4 Å². The number of hydrogen-bond donors (Lipinski definition) is 1. The molecular formula is C15H20IN3. The molecule has 0 fully saturated rings. The average Bonchev–Trinajstić information content (AvgIpc) is 2.43. The minimum Gasteiger partial charge on any atom is -0.356 e. The Kier molecular flexibility index (Phi) is 6.71. The van der Waals surface area contributed by atoms with E-state index in [1.807, 2.05) is 0 Å². The summed E-state index contributed by atoms with van der Waals surface area (Å²) in [5.41, 5.74) is 2.83. The van der Waals surface area contributed by atoms with E-state index in [9.17, 15) is 0 Å². The lowest BCUT2D eigenvalue weighted by Gasteiger charge is -2.31. The van der Waals surface area contributed by atoms with Gasteiger partial charge in [-0.15, -0.1) is 30.4 Å². The molecule has 0 atom stereocenters. The zero-order valence-electron chi connectivity index (χ0n) is 11.2. The summed E-state index contributed by atoms with van der Waals surface area (Å²) in [4.78, 5) is 6.69. The number of guanidine groups is 1. The van der Waals surface area contributed by atoms with Crippen molar-refractivity contribution in [1.82, 2.24) is 10.2 Å². The van der Waals surface area contributed by atoms with Crippen molar-refractivity contribution in [3.63, 3.8) is 0 Å². The molecule has 1 aromatic rings. The predicted molar refractivity (Wildman–Crippen MR) is 90.8 cm³/mol. The molecule has 1 heterocycles. The van der Waals surface area contributed by atoms with Crippen LogP contribution in [0.15, 0.2) is 29.3 Å². The van der Waals surface area contributed by atoms with E-state index in [1.165, 1.54) is 11.1 Å². The van der Waals surface area contributed by atoms with E-state index in [0.717, 1.165) is 32.0 Å². The fourth-order valence-corrected chi connectivity index (χ4v) is 2.22. The van der Waals surface area contributed by atoms with Gasteiger partial charge in [-0.2, -0.15) is 0 Å². The van der Waals surface area contributed by atoms with E-state index < -0.39 is 0 Å². The molecule has 0 saturated heterocycles. The van der Waals surface area contributed by atoms with Crippen LogP contribution in [0.2, 0.25) is 0 Å². The number of fused-ring (bicyclic) bond motifs is 1. The first-order valence-corrected chi connectivity index (χ1v) is 6.38. The quantitative estimate of drug-likeness (QED) is 0.375. The van der Waals surface area contributed by atoms with E-state index in [1.54, 1.807) is 0 Å². The lowest BCUT2D eigenvalue weighted by atomic mass is 10.0. The molecule has 0 aliphatic carbocycles. The normalized spacial score (nSPS) is 14.1. The molecule has 4 heteroatoms. The van der Waals surface area contributed by atoms with E-state index in [0.29, 0.717) is 6.54 Å². The third kappa shape index (κ3) is 4.13. The van der Waals surface area contributed by atoms with Crippen LogP contribution >= 0.6 is 24.0 Å². The number of aliphatic imine (C=N–C) groups is 1. The van der Waals surface area contributed by atoms with Crippen LogP contribution in [-0.4, -0.2) is 30.5 Å². The molecule has 0 radical (unpaired) electrons. The van der Waals surface area contributed by atoms with Gasteiger partial charge >= 0.3 is 0 Å². The van der Waals surface area contributed by atoms with Gasteiger partial charge in [0.2, 0.25) is 0 Å². The zero-order valence-corrected chi connectivity index (χ0v) is 13.6. The van der Waals surface area contributed by atoms with Crippen molar-refractivity contribution in [2.24, 2.45) is 4.99 Å². The Morgan fingerprint density at radius 1 is 1.42 bits per heavy atom. The predicted octanol–water partition coefficient (Wildman–Crippen LogP) is 2.26. The van der Waals surface area contributed by atoms with E-state index in [2.05, 4.69) is 52.3 Å². The van der Waals surface area contributed by atoms with Crippen molar-refractivity contribution in [2.45, 2.75) is 19.9 Å². The fourth-order valence-electron chi connectivity index (χ4n) is 2.22. The molecule has 1 aliphatic heterocycles. The van der Waals surface area contributed by atoms with Crippen molar-refractivity contribution in [3.8, 4) is 12.3 Å².